The number of rotatable bonds is 5. The lowest BCUT2D eigenvalue weighted by molar-refractivity contribution is 0.373. The number of hydrogen-bond donors (Lipinski definition) is 0. The van der Waals surface area contributed by atoms with Crippen molar-refractivity contribution in [3.63, 3.8) is 0 Å². The molecule has 0 saturated heterocycles. The average molecular weight is 344 g/mol. The predicted octanol–water partition coefficient (Wildman–Crippen LogP) is 3.64. The van der Waals surface area contributed by atoms with Gasteiger partial charge in [-0.1, -0.05) is 36.8 Å². The Hall–Kier alpha value is -2.22. The van der Waals surface area contributed by atoms with Gasteiger partial charge in [0.05, 0.1) is 10.9 Å². The topological polar surface area (TPSA) is 82.5 Å². The molecule has 2 aromatic heterocycles. The van der Waals surface area contributed by atoms with Crippen molar-refractivity contribution in [2.24, 2.45) is 0 Å². The van der Waals surface area contributed by atoms with Gasteiger partial charge in [0.25, 0.3) is 0 Å². The van der Waals surface area contributed by atoms with Gasteiger partial charge < -0.3 is 4.52 Å². The van der Waals surface area contributed by atoms with Crippen molar-refractivity contribution in [3.05, 3.63) is 41.0 Å². The zero-order valence-electron chi connectivity index (χ0n) is 14.4. The van der Waals surface area contributed by atoms with E-state index in [0.29, 0.717) is 16.9 Å². The summed E-state index contributed by atoms with van der Waals surface area (Å²) < 4.78 is 7.09. The largest absolute Gasteiger partial charge is 0.338 e. The van der Waals surface area contributed by atoms with E-state index in [1.807, 2.05) is 26.8 Å². The van der Waals surface area contributed by atoms with Gasteiger partial charge in [-0.3, -0.25) is 0 Å². The summed E-state index contributed by atoms with van der Waals surface area (Å²) in [6.07, 6.45) is 0. The molecule has 2 heterocycles. The van der Waals surface area contributed by atoms with Gasteiger partial charge in [0.1, 0.15) is 0 Å². The number of hydrogen-bond acceptors (Lipinski definition) is 7. The van der Waals surface area contributed by atoms with E-state index in [-0.39, 0.29) is 11.2 Å². The minimum absolute atomic E-state index is 0.0405. The van der Waals surface area contributed by atoms with Crippen LogP contribution in [0.3, 0.4) is 0 Å². The van der Waals surface area contributed by atoms with Crippen LogP contribution in [0.4, 0.5) is 0 Å². The predicted molar refractivity (Wildman–Crippen MR) is 91.3 cm³/mol. The second-order valence-corrected chi connectivity index (χ2v) is 7.36. The summed E-state index contributed by atoms with van der Waals surface area (Å²) >= 11 is 1.49. The molecule has 0 amide bonds. The molecule has 0 N–H and O–H groups in total. The average Bonchev–Trinajstić information content (AvgIpc) is 3.19. The fourth-order valence-electron chi connectivity index (χ4n) is 2.13. The van der Waals surface area contributed by atoms with Crippen LogP contribution >= 0.6 is 11.8 Å². The van der Waals surface area contributed by atoms with Crippen LogP contribution in [0.25, 0.3) is 5.69 Å². The van der Waals surface area contributed by atoms with Gasteiger partial charge in [-0.25, -0.2) is 0 Å². The van der Waals surface area contributed by atoms with Gasteiger partial charge in [0, 0.05) is 5.92 Å². The Kier molecular flexibility index (Phi) is 4.66. The van der Waals surface area contributed by atoms with Crippen LogP contribution in [0.5, 0.6) is 0 Å². The third-order valence-corrected chi connectivity index (χ3v) is 4.80. The Bertz CT molecular complexity index is 841. The van der Waals surface area contributed by atoms with Gasteiger partial charge >= 0.3 is 0 Å². The van der Waals surface area contributed by atoms with E-state index in [4.69, 9.17) is 4.52 Å². The first-order chi connectivity index (χ1) is 11.5. The fraction of sp³-hybridized carbons (Fsp3) is 0.438. The molecule has 7 nitrogen and oxygen atoms in total. The standard InChI is InChI=1S/C16H20N6OS/c1-9(2)14-17-15(23-19-14)12(5)24-16-18-20-21-22(16)13-7-6-10(3)11(4)8-13/h6-9,12H,1-5H3. The Morgan fingerprint density at radius 2 is 1.92 bits per heavy atom. The van der Waals surface area contributed by atoms with E-state index in [2.05, 4.69) is 51.6 Å². The van der Waals surface area contributed by atoms with Crippen molar-refractivity contribution in [2.75, 3.05) is 0 Å². The molecular formula is C16H20N6OS. The number of benzene rings is 1. The Morgan fingerprint density at radius 1 is 1.12 bits per heavy atom. The van der Waals surface area contributed by atoms with Crippen LogP contribution < -0.4 is 0 Å². The number of nitrogens with zero attached hydrogens (tertiary/aromatic N) is 6. The van der Waals surface area contributed by atoms with Crippen LogP contribution in [-0.4, -0.2) is 30.3 Å². The van der Waals surface area contributed by atoms with Crippen LogP contribution in [0, 0.1) is 13.8 Å². The summed E-state index contributed by atoms with van der Waals surface area (Å²) in [5, 5.41) is 16.7. The van der Waals surface area contributed by atoms with Crippen LogP contribution in [0.2, 0.25) is 0 Å². The number of aromatic nitrogens is 6. The van der Waals surface area contributed by atoms with Crippen LogP contribution in [-0.2, 0) is 0 Å². The lowest BCUT2D eigenvalue weighted by Gasteiger charge is -2.08. The SMILES string of the molecule is Cc1ccc(-n2nnnc2SC(C)c2nc(C(C)C)no2)cc1C. The lowest BCUT2D eigenvalue weighted by Crippen LogP contribution is -2.01. The van der Waals surface area contributed by atoms with Gasteiger partial charge in [-0.15, -0.1) is 5.10 Å². The summed E-state index contributed by atoms with van der Waals surface area (Å²) in [7, 11) is 0. The maximum Gasteiger partial charge on any atom is 0.239 e. The molecule has 0 bridgehead atoms. The van der Waals surface area contributed by atoms with Crippen molar-refractivity contribution < 1.29 is 4.52 Å². The smallest absolute Gasteiger partial charge is 0.239 e. The van der Waals surface area contributed by atoms with Crippen molar-refractivity contribution in [2.45, 2.75) is 50.9 Å². The summed E-state index contributed by atoms with van der Waals surface area (Å²) in [5.74, 6) is 1.53. The second-order valence-electron chi connectivity index (χ2n) is 6.05. The fourth-order valence-corrected chi connectivity index (χ4v) is 2.97. The van der Waals surface area contributed by atoms with Gasteiger partial charge in [-0.2, -0.15) is 9.67 Å². The number of aryl methyl sites for hydroxylation is 2. The molecule has 0 aliphatic carbocycles. The molecule has 0 radical (unpaired) electrons. The molecule has 1 unspecified atom stereocenters. The van der Waals surface area contributed by atoms with Crippen LogP contribution in [0.15, 0.2) is 27.9 Å². The molecule has 8 heteroatoms. The minimum Gasteiger partial charge on any atom is -0.338 e. The van der Waals surface area contributed by atoms with E-state index in [1.165, 1.54) is 22.9 Å². The maximum absolute atomic E-state index is 5.36. The summed E-state index contributed by atoms with van der Waals surface area (Å²) in [4.78, 5) is 4.44. The highest BCUT2D eigenvalue weighted by molar-refractivity contribution is 7.99. The molecular weight excluding hydrogens is 324 g/mol. The monoisotopic (exact) mass is 344 g/mol. The molecule has 1 atom stereocenters. The lowest BCUT2D eigenvalue weighted by atomic mass is 10.1. The number of thioether (sulfide) groups is 1. The van der Waals surface area contributed by atoms with Gasteiger partial charge in [-0.05, 0) is 54.5 Å². The van der Waals surface area contributed by atoms with Crippen molar-refractivity contribution >= 4 is 11.8 Å². The molecule has 0 fully saturated rings. The molecule has 3 rings (SSSR count). The summed E-state index contributed by atoms with van der Waals surface area (Å²) in [6.45, 7) is 10.2. The van der Waals surface area contributed by atoms with Crippen LogP contribution in [0.1, 0.15) is 54.8 Å². The normalized spacial score (nSPS) is 12.8. The first kappa shape index (κ1) is 16.6. The molecule has 0 aliphatic heterocycles. The highest BCUT2D eigenvalue weighted by Gasteiger charge is 2.20. The minimum atomic E-state index is -0.0405. The van der Waals surface area contributed by atoms with Gasteiger partial charge in [0.15, 0.2) is 5.82 Å². The molecule has 24 heavy (non-hydrogen) atoms. The second kappa shape index (κ2) is 6.72. The molecule has 0 aliphatic rings. The summed E-state index contributed by atoms with van der Waals surface area (Å²) in [5.41, 5.74) is 3.37. The third-order valence-electron chi connectivity index (χ3n) is 3.78. The Morgan fingerprint density at radius 3 is 2.58 bits per heavy atom. The first-order valence-electron chi connectivity index (χ1n) is 7.82. The highest BCUT2D eigenvalue weighted by Crippen LogP contribution is 2.33. The molecule has 0 saturated carbocycles. The Balaban J connectivity index is 1.83. The van der Waals surface area contributed by atoms with E-state index in [9.17, 15) is 0 Å². The highest BCUT2D eigenvalue weighted by atomic mass is 32.2. The number of tetrazole rings is 1. The third kappa shape index (κ3) is 3.33. The first-order valence-corrected chi connectivity index (χ1v) is 8.70. The van der Waals surface area contributed by atoms with E-state index >= 15 is 0 Å². The zero-order chi connectivity index (χ0) is 17.3. The van der Waals surface area contributed by atoms with Gasteiger partial charge in [0.2, 0.25) is 11.0 Å². The quantitative estimate of drug-likeness (QED) is 0.653. The van der Waals surface area contributed by atoms with Crippen molar-refractivity contribution in [1.29, 1.82) is 0 Å². The summed E-state index contributed by atoms with van der Waals surface area (Å²) in [6, 6.07) is 6.15. The maximum atomic E-state index is 5.36. The van der Waals surface area contributed by atoms with E-state index < -0.39 is 0 Å². The molecule has 126 valence electrons. The molecule has 1 aromatic carbocycles. The van der Waals surface area contributed by atoms with Crippen molar-refractivity contribution in [3.8, 4) is 5.69 Å². The van der Waals surface area contributed by atoms with Crippen molar-refractivity contribution in [1.82, 2.24) is 30.3 Å². The van der Waals surface area contributed by atoms with E-state index in [0.717, 1.165) is 5.69 Å². The molecule has 3 aromatic rings. The Labute approximate surface area is 144 Å². The zero-order valence-corrected chi connectivity index (χ0v) is 15.2. The molecule has 0 spiro atoms. The van der Waals surface area contributed by atoms with E-state index in [1.54, 1.807) is 4.68 Å².